The van der Waals surface area contributed by atoms with Crippen LogP contribution in [0, 0.1) is 0 Å². The number of hydrogen-bond acceptors (Lipinski definition) is 3. The first-order valence-corrected chi connectivity index (χ1v) is 7.62. The molecule has 1 unspecified atom stereocenters. The van der Waals surface area contributed by atoms with Gasteiger partial charge in [-0.05, 0) is 31.4 Å². The van der Waals surface area contributed by atoms with Crippen LogP contribution in [0.5, 0.6) is 0 Å². The molecule has 0 aromatic heterocycles. The highest BCUT2D eigenvalue weighted by Gasteiger charge is 2.40. The van der Waals surface area contributed by atoms with Crippen LogP contribution in [-0.2, 0) is 16.2 Å². The van der Waals surface area contributed by atoms with Gasteiger partial charge in [0, 0.05) is 6.54 Å². The lowest BCUT2D eigenvalue weighted by Gasteiger charge is -2.32. The molecule has 0 bridgehead atoms. The van der Waals surface area contributed by atoms with E-state index in [9.17, 15) is 21.6 Å². The third-order valence-corrected chi connectivity index (χ3v) is 5.26. The normalized spacial score (nSPS) is 21.9. The number of benzene rings is 1. The summed E-state index contributed by atoms with van der Waals surface area (Å²) in [5, 5.41) is 0. The van der Waals surface area contributed by atoms with Gasteiger partial charge in [-0.1, -0.05) is 12.1 Å². The standard InChI is InChI=1S/C12H15F3N2O2S/c13-12(14,15)9-5-1-2-6-10(9)20(18,19)17-8-4-3-7-11(17)16/h1-2,5-6,11H,3-4,7-8,16H2. The van der Waals surface area contributed by atoms with Gasteiger partial charge in [0.25, 0.3) is 0 Å². The fourth-order valence-corrected chi connectivity index (χ4v) is 4.08. The molecule has 1 fully saturated rings. The second-order valence-corrected chi connectivity index (χ2v) is 6.53. The average molecular weight is 308 g/mol. The summed E-state index contributed by atoms with van der Waals surface area (Å²) in [5.74, 6) is 0. The molecule has 0 aliphatic carbocycles. The van der Waals surface area contributed by atoms with Gasteiger partial charge in [0.2, 0.25) is 10.0 Å². The number of nitrogens with two attached hydrogens (primary N) is 1. The van der Waals surface area contributed by atoms with Crippen LogP contribution in [-0.4, -0.2) is 25.4 Å². The first-order valence-electron chi connectivity index (χ1n) is 6.18. The Hall–Kier alpha value is -1.12. The molecule has 20 heavy (non-hydrogen) atoms. The summed E-state index contributed by atoms with van der Waals surface area (Å²) in [6.07, 6.45) is -3.67. The van der Waals surface area contributed by atoms with E-state index in [4.69, 9.17) is 5.73 Å². The van der Waals surface area contributed by atoms with Crippen LogP contribution in [0.4, 0.5) is 13.2 Å². The molecule has 2 N–H and O–H groups in total. The molecule has 0 radical (unpaired) electrons. The van der Waals surface area contributed by atoms with E-state index in [-0.39, 0.29) is 6.54 Å². The molecule has 1 aliphatic heterocycles. The van der Waals surface area contributed by atoms with Gasteiger partial charge in [0.15, 0.2) is 0 Å². The van der Waals surface area contributed by atoms with E-state index in [1.165, 1.54) is 6.07 Å². The molecule has 1 aliphatic rings. The average Bonchev–Trinajstić information content (AvgIpc) is 2.38. The number of alkyl halides is 3. The highest BCUT2D eigenvalue weighted by molar-refractivity contribution is 7.89. The predicted octanol–water partition coefficient (Wildman–Crippen LogP) is 2.16. The SMILES string of the molecule is NC1CCCCN1S(=O)(=O)c1ccccc1C(F)(F)F. The molecule has 1 saturated heterocycles. The zero-order valence-corrected chi connectivity index (χ0v) is 11.4. The Bertz CT molecular complexity index is 587. The maximum absolute atomic E-state index is 12.9. The van der Waals surface area contributed by atoms with Crippen molar-refractivity contribution in [1.29, 1.82) is 0 Å². The minimum atomic E-state index is -4.72. The maximum Gasteiger partial charge on any atom is 0.417 e. The fourth-order valence-electron chi connectivity index (χ4n) is 2.28. The van der Waals surface area contributed by atoms with Gasteiger partial charge >= 0.3 is 6.18 Å². The molecule has 0 saturated carbocycles. The van der Waals surface area contributed by atoms with Crippen LogP contribution in [0.3, 0.4) is 0 Å². The highest BCUT2D eigenvalue weighted by Crippen LogP contribution is 2.36. The van der Waals surface area contributed by atoms with Gasteiger partial charge in [-0.3, -0.25) is 0 Å². The lowest BCUT2D eigenvalue weighted by Crippen LogP contribution is -2.48. The first kappa shape index (κ1) is 15.3. The van der Waals surface area contributed by atoms with Gasteiger partial charge in [0.1, 0.15) is 0 Å². The summed E-state index contributed by atoms with van der Waals surface area (Å²) in [6.45, 7) is 0.149. The third-order valence-electron chi connectivity index (χ3n) is 3.28. The summed E-state index contributed by atoms with van der Waals surface area (Å²) < 4.78 is 64.6. The zero-order valence-electron chi connectivity index (χ0n) is 10.6. The van der Waals surface area contributed by atoms with E-state index < -0.39 is 32.8 Å². The lowest BCUT2D eigenvalue weighted by molar-refractivity contribution is -0.139. The smallest absolute Gasteiger partial charge is 0.315 e. The molecule has 0 spiro atoms. The number of halogens is 3. The lowest BCUT2D eigenvalue weighted by atomic mass is 10.1. The third kappa shape index (κ3) is 2.82. The van der Waals surface area contributed by atoms with Crippen LogP contribution in [0.25, 0.3) is 0 Å². The monoisotopic (exact) mass is 308 g/mol. The highest BCUT2D eigenvalue weighted by atomic mass is 32.2. The van der Waals surface area contributed by atoms with E-state index in [2.05, 4.69) is 0 Å². The molecule has 112 valence electrons. The molecular formula is C12H15F3N2O2S. The topological polar surface area (TPSA) is 63.4 Å². The molecule has 8 heteroatoms. The Morgan fingerprint density at radius 1 is 1.20 bits per heavy atom. The van der Waals surface area contributed by atoms with E-state index in [0.29, 0.717) is 12.8 Å². The zero-order chi connectivity index (χ0) is 15.0. The number of hydrogen-bond donors (Lipinski definition) is 1. The Morgan fingerprint density at radius 2 is 1.85 bits per heavy atom. The molecule has 0 amide bonds. The largest absolute Gasteiger partial charge is 0.417 e. The van der Waals surface area contributed by atoms with Crippen molar-refractivity contribution in [2.24, 2.45) is 5.73 Å². The summed E-state index contributed by atoms with van der Waals surface area (Å²) in [4.78, 5) is -0.732. The van der Waals surface area contributed by atoms with Crippen LogP contribution < -0.4 is 5.73 Å². The molecule has 1 atom stereocenters. The Kier molecular flexibility index (Phi) is 4.08. The van der Waals surface area contributed by atoms with Crippen LogP contribution in [0.15, 0.2) is 29.2 Å². The van der Waals surface area contributed by atoms with Gasteiger partial charge in [-0.15, -0.1) is 0 Å². The Labute approximate surface area is 115 Å². The molecular weight excluding hydrogens is 293 g/mol. The van der Waals surface area contributed by atoms with Crippen LogP contribution >= 0.6 is 0 Å². The number of sulfonamides is 1. The maximum atomic E-state index is 12.9. The molecule has 1 aromatic rings. The quantitative estimate of drug-likeness (QED) is 0.910. The molecule has 1 heterocycles. The summed E-state index contributed by atoms with van der Waals surface area (Å²) in [5.41, 5.74) is 4.57. The second kappa shape index (κ2) is 5.34. The van der Waals surface area contributed by atoms with Crippen LogP contribution in [0.1, 0.15) is 24.8 Å². The van der Waals surface area contributed by atoms with Crippen LogP contribution in [0.2, 0.25) is 0 Å². The minimum absolute atomic E-state index is 0.149. The summed E-state index contributed by atoms with van der Waals surface area (Å²) in [6, 6.07) is 4.18. The van der Waals surface area contributed by atoms with Crippen molar-refractivity contribution in [3.8, 4) is 0 Å². The van der Waals surface area contributed by atoms with E-state index in [1.54, 1.807) is 0 Å². The van der Waals surface area contributed by atoms with Gasteiger partial charge in [-0.2, -0.15) is 17.5 Å². The number of piperidine rings is 1. The summed E-state index contributed by atoms with van der Waals surface area (Å²) in [7, 11) is -4.24. The van der Waals surface area contributed by atoms with Crippen molar-refractivity contribution in [1.82, 2.24) is 4.31 Å². The van der Waals surface area contributed by atoms with E-state index in [1.807, 2.05) is 0 Å². The number of nitrogens with zero attached hydrogens (tertiary/aromatic N) is 1. The Balaban J connectivity index is 2.50. The molecule has 4 nitrogen and oxygen atoms in total. The van der Waals surface area contributed by atoms with Gasteiger partial charge in [0.05, 0.1) is 16.6 Å². The fraction of sp³-hybridized carbons (Fsp3) is 0.500. The van der Waals surface area contributed by atoms with Crippen molar-refractivity contribution in [2.75, 3.05) is 6.54 Å². The molecule has 2 rings (SSSR count). The van der Waals surface area contributed by atoms with Gasteiger partial charge in [-0.25, -0.2) is 8.42 Å². The summed E-state index contributed by atoms with van der Waals surface area (Å²) >= 11 is 0. The van der Waals surface area contributed by atoms with Crippen molar-refractivity contribution in [2.45, 2.75) is 36.5 Å². The first-order chi connectivity index (χ1) is 9.24. The van der Waals surface area contributed by atoms with E-state index in [0.717, 1.165) is 28.9 Å². The minimum Gasteiger partial charge on any atom is -0.315 e. The van der Waals surface area contributed by atoms with Crippen molar-refractivity contribution >= 4 is 10.0 Å². The predicted molar refractivity (Wildman–Crippen MR) is 67.2 cm³/mol. The molecule has 1 aromatic carbocycles. The van der Waals surface area contributed by atoms with Crippen molar-refractivity contribution in [3.05, 3.63) is 29.8 Å². The Morgan fingerprint density at radius 3 is 2.45 bits per heavy atom. The van der Waals surface area contributed by atoms with E-state index >= 15 is 0 Å². The van der Waals surface area contributed by atoms with Crippen molar-refractivity contribution in [3.63, 3.8) is 0 Å². The van der Waals surface area contributed by atoms with Crippen molar-refractivity contribution < 1.29 is 21.6 Å². The second-order valence-electron chi connectivity index (χ2n) is 4.67. The van der Waals surface area contributed by atoms with Gasteiger partial charge < -0.3 is 5.73 Å². The number of rotatable bonds is 2.